The maximum Gasteiger partial charge on any atom is 0.421 e. The molecule has 0 aliphatic heterocycles. The minimum Gasteiger partial charge on any atom is -0.505 e. The van der Waals surface area contributed by atoms with Gasteiger partial charge in [0.15, 0.2) is 11.4 Å². The highest BCUT2D eigenvalue weighted by Gasteiger charge is 2.51. The van der Waals surface area contributed by atoms with Crippen LogP contribution in [-0.4, -0.2) is 24.8 Å². The summed E-state index contributed by atoms with van der Waals surface area (Å²) in [7, 11) is -4.28. The third-order valence-corrected chi connectivity index (χ3v) is 6.08. The highest BCUT2D eigenvalue weighted by Crippen LogP contribution is 2.40. The summed E-state index contributed by atoms with van der Waals surface area (Å²) >= 11 is 5.81. The third kappa shape index (κ3) is 3.23. The van der Waals surface area contributed by atoms with E-state index in [4.69, 9.17) is 16.9 Å². The Morgan fingerprint density at radius 2 is 1.65 bits per heavy atom. The Morgan fingerprint density at radius 3 is 2.12 bits per heavy atom. The lowest BCUT2D eigenvalue weighted by atomic mass is 9.96. The lowest BCUT2D eigenvalue weighted by Gasteiger charge is -2.26. The van der Waals surface area contributed by atoms with E-state index in [1.165, 1.54) is 0 Å². The molecule has 5 nitrogen and oxygen atoms in total. The number of nitriles is 1. The van der Waals surface area contributed by atoms with Crippen LogP contribution < -0.4 is 0 Å². The number of alkyl halides is 3. The number of hydrogen-bond acceptors (Lipinski definition) is 5. The second kappa shape index (κ2) is 6.46. The molecule has 0 saturated heterocycles. The highest BCUT2D eigenvalue weighted by molar-refractivity contribution is 7.91. The Kier molecular flexibility index (Phi) is 4.98. The largest absolute Gasteiger partial charge is 0.505 e. The van der Waals surface area contributed by atoms with Crippen molar-refractivity contribution in [1.82, 2.24) is 0 Å². The summed E-state index contributed by atoms with van der Waals surface area (Å²) in [6.45, 7) is 0.548. The standard InChI is InChI=1S/C16H11ClF3NO4S/c1-15(23,16(18,19)20)10-3-5-11(6-4-10)26(24,25)12-7-2-9(8-21)14(22)13(12)17/h2-7,22-23H,1H3/t15-/m0/s1. The number of sulfone groups is 1. The smallest absolute Gasteiger partial charge is 0.421 e. The van der Waals surface area contributed by atoms with Crippen molar-refractivity contribution in [3.63, 3.8) is 0 Å². The van der Waals surface area contributed by atoms with Crippen molar-refractivity contribution in [1.29, 1.82) is 5.26 Å². The van der Waals surface area contributed by atoms with E-state index in [9.17, 15) is 31.8 Å². The number of phenols is 1. The lowest BCUT2D eigenvalue weighted by molar-refractivity contribution is -0.258. The summed E-state index contributed by atoms with van der Waals surface area (Å²) in [5.41, 5.74) is -3.93. The summed E-state index contributed by atoms with van der Waals surface area (Å²) in [6.07, 6.45) is -4.95. The number of hydrogen-bond donors (Lipinski definition) is 2. The van der Waals surface area contributed by atoms with Crippen molar-refractivity contribution in [3.8, 4) is 11.8 Å². The first-order chi connectivity index (χ1) is 11.8. The number of aliphatic hydroxyl groups is 1. The molecule has 0 amide bonds. The zero-order valence-corrected chi connectivity index (χ0v) is 14.6. The van der Waals surface area contributed by atoms with Gasteiger partial charge in [0.1, 0.15) is 11.1 Å². The maximum atomic E-state index is 12.8. The van der Waals surface area contributed by atoms with Crippen LogP contribution in [0.3, 0.4) is 0 Å². The first kappa shape index (κ1) is 20.0. The molecule has 0 bridgehead atoms. The van der Waals surface area contributed by atoms with Crippen molar-refractivity contribution >= 4 is 21.4 Å². The molecule has 0 aliphatic rings. The van der Waals surface area contributed by atoms with Crippen LogP contribution in [0.5, 0.6) is 5.75 Å². The van der Waals surface area contributed by atoms with Crippen LogP contribution in [0.15, 0.2) is 46.2 Å². The second-order valence-corrected chi connectivity index (χ2v) is 7.78. The van der Waals surface area contributed by atoms with Crippen molar-refractivity contribution in [3.05, 3.63) is 52.5 Å². The molecule has 0 aliphatic carbocycles. The zero-order valence-electron chi connectivity index (χ0n) is 13.0. The van der Waals surface area contributed by atoms with Gasteiger partial charge >= 0.3 is 6.18 Å². The van der Waals surface area contributed by atoms with Crippen LogP contribution in [0.2, 0.25) is 5.02 Å². The fourth-order valence-electron chi connectivity index (χ4n) is 2.09. The van der Waals surface area contributed by atoms with Crippen LogP contribution in [0.4, 0.5) is 13.2 Å². The van der Waals surface area contributed by atoms with Gasteiger partial charge < -0.3 is 10.2 Å². The molecule has 26 heavy (non-hydrogen) atoms. The molecular weight excluding hydrogens is 395 g/mol. The Bertz CT molecular complexity index is 994. The third-order valence-electron chi connectivity index (χ3n) is 3.77. The number of halogens is 4. The summed E-state index contributed by atoms with van der Waals surface area (Å²) in [5.74, 6) is -0.716. The quantitative estimate of drug-likeness (QED) is 0.814. The number of nitrogens with zero attached hydrogens (tertiary/aromatic N) is 1. The molecule has 0 aromatic heterocycles. The van der Waals surface area contributed by atoms with Gasteiger partial charge in [-0.25, -0.2) is 8.42 Å². The van der Waals surface area contributed by atoms with Crippen molar-refractivity contribution in [2.24, 2.45) is 0 Å². The lowest BCUT2D eigenvalue weighted by Crippen LogP contribution is -2.39. The van der Waals surface area contributed by atoms with Gasteiger partial charge in [0.2, 0.25) is 9.84 Å². The minimum atomic E-state index is -4.95. The SMILES string of the molecule is C[C@](O)(c1ccc(S(=O)(=O)c2ccc(C#N)c(O)c2Cl)cc1)C(F)(F)F. The van der Waals surface area contributed by atoms with E-state index in [2.05, 4.69) is 0 Å². The van der Waals surface area contributed by atoms with Crippen molar-refractivity contribution in [2.75, 3.05) is 0 Å². The van der Waals surface area contributed by atoms with E-state index in [0.29, 0.717) is 6.92 Å². The van der Waals surface area contributed by atoms with Gasteiger partial charge in [-0.05, 0) is 36.8 Å². The summed E-state index contributed by atoms with van der Waals surface area (Å²) in [4.78, 5) is -0.906. The molecule has 138 valence electrons. The predicted octanol–water partition coefficient (Wildman–Crippen LogP) is 3.52. The van der Waals surface area contributed by atoms with Crippen LogP contribution >= 0.6 is 11.6 Å². The van der Waals surface area contributed by atoms with Crippen LogP contribution in [-0.2, 0) is 15.4 Å². The first-order valence-corrected chi connectivity index (χ1v) is 8.76. The summed E-state index contributed by atoms with van der Waals surface area (Å²) in [5, 5.41) is 27.6. The molecule has 0 unspecified atom stereocenters. The molecule has 2 rings (SSSR count). The maximum absolute atomic E-state index is 12.8. The van der Waals surface area contributed by atoms with E-state index in [1.807, 2.05) is 0 Å². The normalized spacial score (nSPS) is 14.5. The summed E-state index contributed by atoms with van der Waals surface area (Å²) in [6, 6.07) is 7.12. The average molecular weight is 406 g/mol. The average Bonchev–Trinajstić information content (AvgIpc) is 2.56. The van der Waals surface area contributed by atoms with Gasteiger partial charge in [-0.1, -0.05) is 23.7 Å². The molecular formula is C16H11ClF3NO4S. The molecule has 0 spiro atoms. The van der Waals surface area contributed by atoms with Gasteiger partial charge in [0, 0.05) is 0 Å². The number of phenolic OH excluding ortho intramolecular Hbond substituents is 1. The van der Waals surface area contributed by atoms with Crippen molar-refractivity contribution in [2.45, 2.75) is 28.5 Å². The second-order valence-electron chi connectivity index (χ2n) is 5.48. The number of aromatic hydroxyl groups is 1. The van der Waals surface area contributed by atoms with E-state index in [-0.39, 0.29) is 5.56 Å². The molecule has 1 atom stereocenters. The fraction of sp³-hybridized carbons (Fsp3) is 0.188. The van der Waals surface area contributed by atoms with E-state index >= 15 is 0 Å². The van der Waals surface area contributed by atoms with E-state index in [0.717, 1.165) is 36.4 Å². The molecule has 10 heteroatoms. The topological polar surface area (TPSA) is 98.4 Å². The van der Waals surface area contributed by atoms with Crippen LogP contribution in [0.25, 0.3) is 0 Å². The molecule has 2 aromatic carbocycles. The Morgan fingerprint density at radius 1 is 1.12 bits per heavy atom. The van der Waals surface area contributed by atoms with Crippen molar-refractivity contribution < 1.29 is 31.8 Å². The molecule has 0 heterocycles. The number of rotatable bonds is 3. The molecule has 0 fully saturated rings. The van der Waals surface area contributed by atoms with Gasteiger partial charge in [-0.15, -0.1) is 0 Å². The van der Waals surface area contributed by atoms with Gasteiger partial charge in [0.25, 0.3) is 0 Å². The molecule has 2 N–H and O–H groups in total. The minimum absolute atomic E-state index is 0.231. The zero-order chi connectivity index (χ0) is 19.9. The molecule has 2 aromatic rings. The van der Waals surface area contributed by atoms with Gasteiger partial charge in [-0.2, -0.15) is 18.4 Å². The molecule has 0 saturated carbocycles. The van der Waals surface area contributed by atoms with E-state index < -0.39 is 47.7 Å². The Hall–Kier alpha value is -2.28. The van der Waals surface area contributed by atoms with Gasteiger partial charge in [0.05, 0.1) is 15.4 Å². The highest BCUT2D eigenvalue weighted by atomic mass is 35.5. The predicted molar refractivity (Wildman–Crippen MR) is 85.4 cm³/mol. The fourth-order valence-corrected chi connectivity index (χ4v) is 3.89. The monoisotopic (exact) mass is 405 g/mol. The number of benzene rings is 2. The summed E-state index contributed by atoms with van der Waals surface area (Å²) < 4.78 is 63.7. The van der Waals surface area contributed by atoms with E-state index in [1.54, 1.807) is 6.07 Å². The first-order valence-electron chi connectivity index (χ1n) is 6.90. The Labute approximate surface area is 151 Å². The van der Waals surface area contributed by atoms with Crippen LogP contribution in [0, 0.1) is 11.3 Å². The van der Waals surface area contributed by atoms with Crippen LogP contribution in [0.1, 0.15) is 18.1 Å². The van der Waals surface area contributed by atoms with Gasteiger partial charge in [-0.3, -0.25) is 0 Å². The Balaban J connectivity index is 2.53. The molecule has 0 radical (unpaired) electrons.